The molecular weight excluding hydrogens is 377 g/mol. The molecule has 1 nitrogen and oxygen atoms in total. The molecule has 1 aromatic carbocycles. The van der Waals surface area contributed by atoms with Crippen LogP contribution in [0.25, 0.3) is 0 Å². The lowest BCUT2D eigenvalue weighted by molar-refractivity contribution is -0.143. The largest absolute Gasteiger partial charge is 0.416 e. The zero-order valence-electron chi connectivity index (χ0n) is 8.49. The van der Waals surface area contributed by atoms with Gasteiger partial charge in [-0.15, -0.1) is 0 Å². The van der Waals surface area contributed by atoms with E-state index in [0.29, 0.717) is 12.1 Å². The Morgan fingerprint density at radius 1 is 0.944 bits per heavy atom. The van der Waals surface area contributed by atoms with Gasteiger partial charge in [-0.2, -0.15) is 26.3 Å². The Bertz CT molecular complexity index is 430. The zero-order valence-corrected chi connectivity index (χ0v) is 10.7. The molecule has 1 rings (SSSR count). The van der Waals surface area contributed by atoms with Crippen molar-refractivity contribution in [1.82, 2.24) is 0 Å². The number of ketones is 1. The average molecular weight is 382 g/mol. The predicted molar refractivity (Wildman–Crippen MR) is 59.7 cm³/mol. The van der Waals surface area contributed by atoms with Gasteiger partial charge in [0.05, 0.1) is 15.6 Å². The summed E-state index contributed by atoms with van der Waals surface area (Å²) in [6.07, 6.45) is -9.86. The summed E-state index contributed by atoms with van der Waals surface area (Å²) in [5, 5.41) is 0. The summed E-state index contributed by atoms with van der Waals surface area (Å²) in [5.74, 6) is -0.785. The summed E-state index contributed by atoms with van der Waals surface area (Å²) < 4.78 is 74.3. The topological polar surface area (TPSA) is 17.1 Å². The van der Waals surface area contributed by atoms with Crippen LogP contribution in [0.1, 0.15) is 21.5 Å². The average Bonchev–Trinajstić information content (AvgIpc) is 2.25. The maximum atomic E-state index is 12.4. The van der Waals surface area contributed by atoms with Crippen LogP contribution in [0, 0.1) is 0 Å². The molecule has 0 saturated heterocycles. The van der Waals surface area contributed by atoms with Crippen LogP contribution in [0.5, 0.6) is 0 Å². The molecule has 0 heterocycles. The first-order valence-electron chi connectivity index (χ1n) is 4.44. The molecule has 18 heavy (non-hydrogen) atoms. The standard InChI is InChI=1S/C10H5F6IO/c11-9(12,13)6-1-5(8(18)4-17)2-7(3-6)10(14,15)16/h1-3H,4H2. The van der Waals surface area contributed by atoms with Crippen molar-refractivity contribution in [3.63, 3.8) is 0 Å². The normalized spacial score (nSPS) is 12.6. The van der Waals surface area contributed by atoms with Crippen LogP contribution in [0.3, 0.4) is 0 Å². The third kappa shape index (κ3) is 3.59. The monoisotopic (exact) mass is 382 g/mol. The molecule has 0 atom stereocenters. The van der Waals surface area contributed by atoms with Crippen LogP contribution in [0.15, 0.2) is 18.2 Å². The Morgan fingerprint density at radius 2 is 1.33 bits per heavy atom. The smallest absolute Gasteiger partial charge is 0.293 e. The minimum Gasteiger partial charge on any atom is -0.293 e. The molecule has 0 aliphatic rings. The SMILES string of the molecule is O=C(CI)c1cc(C(F)(F)F)cc(C(F)(F)F)c1. The van der Waals surface area contributed by atoms with E-state index in [9.17, 15) is 31.1 Å². The number of halogens is 7. The summed E-state index contributed by atoms with van der Waals surface area (Å²) in [6.45, 7) is 0. The second-order valence-corrected chi connectivity index (χ2v) is 4.11. The molecule has 0 N–H and O–H groups in total. The lowest BCUT2D eigenvalue weighted by atomic mass is 10.0. The van der Waals surface area contributed by atoms with Gasteiger partial charge in [-0.05, 0) is 18.2 Å². The molecule has 0 aromatic heterocycles. The molecule has 8 heteroatoms. The van der Waals surface area contributed by atoms with E-state index in [-0.39, 0.29) is 10.5 Å². The molecule has 0 saturated carbocycles. The number of rotatable bonds is 2. The highest BCUT2D eigenvalue weighted by Gasteiger charge is 2.37. The van der Waals surface area contributed by atoms with E-state index in [1.54, 1.807) is 22.6 Å². The first-order valence-corrected chi connectivity index (χ1v) is 5.97. The van der Waals surface area contributed by atoms with Crippen molar-refractivity contribution < 1.29 is 31.1 Å². The van der Waals surface area contributed by atoms with Crippen molar-refractivity contribution in [3.8, 4) is 0 Å². The van der Waals surface area contributed by atoms with Gasteiger partial charge in [-0.1, -0.05) is 22.6 Å². The first-order chi connectivity index (χ1) is 8.05. The highest BCUT2D eigenvalue weighted by molar-refractivity contribution is 14.1. The Balaban J connectivity index is 3.44. The van der Waals surface area contributed by atoms with Gasteiger partial charge in [0.15, 0.2) is 5.78 Å². The summed E-state index contributed by atoms with van der Waals surface area (Å²) >= 11 is 1.57. The van der Waals surface area contributed by atoms with E-state index >= 15 is 0 Å². The Morgan fingerprint density at radius 3 is 1.61 bits per heavy atom. The molecule has 0 bridgehead atoms. The number of hydrogen-bond acceptors (Lipinski definition) is 1. The van der Waals surface area contributed by atoms with E-state index in [1.165, 1.54) is 0 Å². The maximum Gasteiger partial charge on any atom is 0.416 e. The predicted octanol–water partition coefficient (Wildman–Crippen LogP) is 4.34. The molecule has 0 radical (unpaired) electrons. The van der Waals surface area contributed by atoms with Gasteiger partial charge in [0, 0.05) is 5.56 Å². The first kappa shape index (κ1) is 15.3. The minimum absolute atomic E-state index is 0.00995. The van der Waals surface area contributed by atoms with E-state index < -0.39 is 34.8 Å². The molecule has 0 fully saturated rings. The van der Waals surface area contributed by atoms with Gasteiger partial charge in [0.1, 0.15) is 0 Å². The van der Waals surface area contributed by atoms with Crippen LogP contribution < -0.4 is 0 Å². The van der Waals surface area contributed by atoms with Gasteiger partial charge in [0.2, 0.25) is 0 Å². The Labute approximate surface area is 111 Å². The van der Waals surface area contributed by atoms with Gasteiger partial charge in [-0.25, -0.2) is 0 Å². The highest BCUT2D eigenvalue weighted by atomic mass is 127. The Hall–Kier alpha value is -0.800. The summed E-state index contributed by atoms with van der Waals surface area (Å²) in [6, 6.07) is 0.844. The second-order valence-electron chi connectivity index (χ2n) is 3.35. The van der Waals surface area contributed by atoms with Crippen LogP contribution >= 0.6 is 22.6 Å². The van der Waals surface area contributed by atoms with E-state index in [0.717, 1.165) is 0 Å². The molecule has 0 amide bonds. The lowest BCUT2D eigenvalue weighted by Gasteiger charge is -2.13. The number of carbonyl (C=O) groups excluding carboxylic acids is 1. The van der Waals surface area contributed by atoms with Gasteiger partial charge >= 0.3 is 12.4 Å². The van der Waals surface area contributed by atoms with Crippen molar-refractivity contribution in [2.75, 3.05) is 4.43 Å². The quantitative estimate of drug-likeness (QED) is 0.322. The van der Waals surface area contributed by atoms with E-state index in [1.807, 2.05) is 0 Å². The molecule has 1 aromatic rings. The van der Waals surface area contributed by atoms with E-state index in [2.05, 4.69) is 0 Å². The van der Waals surface area contributed by atoms with Gasteiger partial charge in [-0.3, -0.25) is 4.79 Å². The lowest BCUT2D eigenvalue weighted by Crippen LogP contribution is -2.13. The van der Waals surface area contributed by atoms with Gasteiger partial charge < -0.3 is 0 Å². The van der Waals surface area contributed by atoms with Crippen molar-refractivity contribution in [2.45, 2.75) is 12.4 Å². The van der Waals surface area contributed by atoms with Crippen molar-refractivity contribution in [2.24, 2.45) is 0 Å². The zero-order chi connectivity index (χ0) is 14.1. The molecule has 0 aliphatic carbocycles. The molecule has 100 valence electrons. The van der Waals surface area contributed by atoms with Crippen LogP contribution in [-0.2, 0) is 12.4 Å². The third-order valence-corrected chi connectivity index (χ3v) is 2.72. The third-order valence-electron chi connectivity index (χ3n) is 2.03. The fraction of sp³-hybridized carbons (Fsp3) is 0.300. The number of benzene rings is 1. The Kier molecular flexibility index (Phi) is 4.29. The fourth-order valence-corrected chi connectivity index (χ4v) is 1.63. The maximum absolute atomic E-state index is 12.4. The molecule has 0 spiro atoms. The minimum atomic E-state index is -4.93. The molecular formula is C10H5F6IO. The number of carbonyl (C=O) groups is 1. The number of hydrogen-bond donors (Lipinski definition) is 0. The second kappa shape index (κ2) is 5.06. The summed E-state index contributed by atoms with van der Waals surface area (Å²) in [4.78, 5) is 11.2. The summed E-state index contributed by atoms with van der Waals surface area (Å²) in [7, 11) is 0. The van der Waals surface area contributed by atoms with Crippen LogP contribution in [0.4, 0.5) is 26.3 Å². The summed E-state index contributed by atoms with van der Waals surface area (Å²) in [5.41, 5.74) is -3.55. The molecule has 0 aliphatic heterocycles. The van der Waals surface area contributed by atoms with Crippen molar-refractivity contribution in [1.29, 1.82) is 0 Å². The van der Waals surface area contributed by atoms with Gasteiger partial charge in [0.25, 0.3) is 0 Å². The fourth-order valence-electron chi connectivity index (χ4n) is 1.19. The number of Topliss-reactive ketones (excluding diaryl/α,β-unsaturated/α-hetero) is 1. The van der Waals surface area contributed by atoms with Crippen molar-refractivity contribution in [3.05, 3.63) is 34.9 Å². The van der Waals surface area contributed by atoms with Crippen LogP contribution in [0.2, 0.25) is 0 Å². The molecule has 0 unspecified atom stereocenters. The van der Waals surface area contributed by atoms with Crippen LogP contribution in [-0.4, -0.2) is 10.2 Å². The van der Waals surface area contributed by atoms with Crippen molar-refractivity contribution >= 4 is 28.4 Å². The number of alkyl halides is 7. The van der Waals surface area contributed by atoms with E-state index in [4.69, 9.17) is 0 Å². The highest BCUT2D eigenvalue weighted by Crippen LogP contribution is 2.36.